The number of methoxy groups -OCH3 is 3. The third-order valence-corrected chi connectivity index (χ3v) is 8.76. The highest BCUT2D eigenvalue weighted by atomic mass is 32.2. The number of hydrogen-bond donors (Lipinski definition) is 2. The van der Waals surface area contributed by atoms with Gasteiger partial charge in [0, 0.05) is 18.0 Å². The topological polar surface area (TPSA) is 120 Å². The fourth-order valence-electron chi connectivity index (χ4n) is 4.97. The summed E-state index contributed by atoms with van der Waals surface area (Å²) in [4.78, 5) is 23.4. The largest absolute Gasteiger partial charge is 0.495 e. The second-order valence-corrected chi connectivity index (χ2v) is 11.9. The lowest BCUT2D eigenvalue weighted by Crippen LogP contribution is -2.28. The van der Waals surface area contributed by atoms with Crippen LogP contribution in [0.1, 0.15) is 30.0 Å². The Hall–Kier alpha value is -4.41. The molecule has 4 aromatic rings. The first-order valence-corrected chi connectivity index (χ1v) is 15.2. The standard InChI is InChI=1S/C33H36N2O7S/c1-21(17-32(36)41-4)34-20-24-9-8-12-25(22(24)2)27-14-16-31(28-11-7-6-10-26(27)28)43(38,39)35-29-15-13-23(18-30(29)40-3)19-33(37)42-5/h6-16,18,21,34-35H,17,19-20H2,1-5H3/t21-/m0/s1. The summed E-state index contributed by atoms with van der Waals surface area (Å²) in [5, 5.41) is 4.74. The third kappa shape index (κ3) is 7.33. The monoisotopic (exact) mass is 604 g/mol. The number of fused-ring (bicyclic) bond motifs is 1. The predicted molar refractivity (Wildman–Crippen MR) is 167 cm³/mol. The van der Waals surface area contributed by atoms with Gasteiger partial charge in [-0.05, 0) is 65.3 Å². The highest BCUT2D eigenvalue weighted by molar-refractivity contribution is 7.93. The van der Waals surface area contributed by atoms with E-state index in [9.17, 15) is 18.0 Å². The van der Waals surface area contributed by atoms with Crippen molar-refractivity contribution in [1.82, 2.24) is 5.32 Å². The molecule has 0 bridgehead atoms. The van der Waals surface area contributed by atoms with Crippen LogP contribution in [0.15, 0.2) is 77.7 Å². The molecule has 43 heavy (non-hydrogen) atoms. The summed E-state index contributed by atoms with van der Waals surface area (Å²) in [6.45, 7) is 4.53. The van der Waals surface area contributed by atoms with E-state index in [4.69, 9.17) is 14.2 Å². The van der Waals surface area contributed by atoms with Gasteiger partial charge >= 0.3 is 11.9 Å². The van der Waals surface area contributed by atoms with E-state index in [2.05, 4.69) is 10.0 Å². The maximum absolute atomic E-state index is 13.7. The van der Waals surface area contributed by atoms with Crippen molar-refractivity contribution in [1.29, 1.82) is 0 Å². The minimum absolute atomic E-state index is 0.0369. The van der Waals surface area contributed by atoms with Gasteiger partial charge in [0.1, 0.15) is 5.75 Å². The molecule has 0 saturated carbocycles. The lowest BCUT2D eigenvalue weighted by molar-refractivity contribution is -0.141. The van der Waals surface area contributed by atoms with Crippen LogP contribution < -0.4 is 14.8 Å². The normalized spacial score (nSPS) is 12.0. The molecular weight excluding hydrogens is 568 g/mol. The molecule has 226 valence electrons. The summed E-state index contributed by atoms with van der Waals surface area (Å²) in [7, 11) is 0.0915. The molecule has 0 aromatic heterocycles. The molecule has 0 unspecified atom stereocenters. The van der Waals surface area contributed by atoms with Gasteiger partial charge in [0.05, 0.1) is 44.8 Å². The lowest BCUT2D eigenvalue weighted by atomic mass is 9.92. The molecule has 0 aliphatic heterocycles. The molecule has 0 heterocycles. The summed E-state index contributed by atoms with van der Waals surface area (Å²) in [5.41, 5.74) is 4.89. The number of benzene rings is 4. The Morgan fingerprint density at radius 2 is 1.56 bits per heavy atom. The number of rotatable bonds is 12. The molecule has 0 aliphatic rings. The van der Waals surface area contributed by atoms with Crippen molar-refractivity contribution in [2.75, 3.05) is 26.1 Å². The number of hydrogen-bond acceptors (Lipinski definition) is 8. The van der Waals surface area contributed by atoms with Gasteiger partial charge in [0.25, 0.3) is 10.0 Å². The van der Waals surface area contributed by atoms with Crippen LogP contribution in [0.4, 0.5) is 5.69 Å². The molecule has 0 aliphatic carbocycles. The number of esters is 2. The van der Waals surface area contributed by atoms with Crippen LogP contribution in [-0.4, -0.2) is 47.7 Å². The molecule has 9 nitrogen and oxygen atoms in total. The minimum atomic E-state index is -4.03. The Labute approximate surface area is 252 Å². The molecule has 4 aromatic carbocycles. The van der Waals surface area contributed by atoms with Gasteiger partial charge < -0.3 is 19.5 Å². The second-order valence-electron chi connectivity index (χ2n) is 10.2. The Morgan fingerprint density at radius 3 is 2.26 bits per heavy atom. The maximum atomic E-state index is 13.7. The zero-order valence-electron chi connectivity index (χ0n) is 24.9. The number of carbonyl (C=O) groups excluding carboxylic acids is 2. The molecule has 0 saturated heterocycles. The smallest absolute Gasteiger partial charge is 0.309 e. The van der Waals surface area contributed by atoms with Crippen LogP contribution in [0.3, 0.4) is 0 Å². The van der Waals surface area contributed by atoms with Gasteiger partial charge in [-0.3, -0.25) is 14.3 Å². The van der Waals surface area contributed by atoms with E-state index in [-0.39, 0.29) is 41.2 Å². The average Bonchev–Trinajstić information content (AvgIpc) is 3.00. The van der Waals surface area contributed by atoms with Crippen LogP contribution in [0.25, 0.3) is 21.9 Å². The van der Waals surface area contributed by atoms with Crippen LogP contribution >= 0.6 is 0 Å². The fourth-order valence-corrected chi connectivity index (χ4v) is 6.25. The van der Waals surface area contributed by atoms with E-state index in [0.29, 0.717) is 17.5 Å². The van der Waals surface area contributed by atoms with Gasteiger partial charge in [-0.25, -0.2) is 8.42 Å². The zero-order chi connectivity index (χ0) is 31.1. The van der Waals surface area contributed by atoms with Gasteiger partial charge in [0.2, 0.25) is 0 Å². The first kappa shape index (κ1) is 31.5. The Bertz CT molecular complexity index is 1750. The van der Waals surface area contributed by atoms with Crippen LogP contribution in [0.2, 0.25) is 0 Å². The van der Waals surface area contributed by atoms with E-state index in [0.717, 1.165) is 27.6 Å². The average molecular weight is 605 g/mol. The van der Waals surface area contributed by atoms with Crippen LogP contribution in [0, 0.1) is 6.92 Å². The summed E-state index contributed by atoms with van der Waals surface area (Å²) < 4.78 is 45.0. The summed E-state index contributed by atoms with van der Waals surface area (Å²) in [5.74, 6) is -0.393. The molecular formula is C33H36N2O7S. The van der Waals surface area contributed by atoms with Crippen molar-refractivity contribution in [3.8, 4) is 16.9 Å². The Kier molecular flexibility index (Phi) is 10.1. The molecule has 2 N–H and O–H groups in total. The molecule has 10 heteroatoms. The van der Waals surface area contributed by atoms with Crippen molar-refractivity contribution in [2.24, 2.45) is 0 Å². The van der Waals surface area contributed by atoms with Crippen molar-refractivity contribution in [3.63, 3.8) is 0 Å². The van der Waals surface area contributed by atoms with E-state index in [1.807, 2.05) is 56.3 Å². The molecule has 0 fully saturated rings. The highest BCUT2D eigenvalue weighted by Crippen LogP contribution is 2.36. The molecule has 0 spiro atoms. The summed E-state index contributed by atoms with van der Waals surface area (Å²) in [6.07, 6.45) is 0.308. The number of ether oxygens (including phenoxy) is 3. The molecule has 1 atom stereocenters. The zero-order valence-corrected chi connectivity index (χ0v) is 25.7. The molecule has 4 rings (SSSR count). The molecule has 0 radical (unpaired) electrons. The van der Waals surface area contributed by atoms with E-state index < -0.39 is 16.0 Å². The number of anilines is 1. The SMILES string of the molecule is COC(=O)Cc1ccc(NS(=O)(=O)c2ccc(-c3cccc(CN[C@@H](C)CC(=O)OC)c3C)c3ccccc23)c(OC)c1. The van der Waals surface area contributed by atoms with Gasteiger partial charge in [-0.1, -0.05) is 54.6 Å². The van der Waals surface area contributed by atoms with Gasteiger partial charge in [0.15, 0.2) is 0 Å². The number of nitrogens with one attached hydrogen (secondary N) is 2. The van der Waals surface area contributed by atoms with Gasteiger partial charge in [-0.2, -0.15) is 0 Å². The van der Waals surface area contributed by atoms with Crippen molar-refractivity contribution in [3.05, 3.63) is 89.5 Å². The highest BCUT2D eigenvalue weighted by Gasteiger charge is 2.22. The first-order chi connectivity index (χ1) is 20.6. The van der Waals surface area contributed by atoms with Gasteiger partial charge in [-0.15, -0.1) is 0 Å². The van der Waals surface area contributed by atoms with E-state index in [1.54, 1.807) is 30.3 Å². The molecule has 0 amide bonds. The maximum Gasteiger partial charge on any atom is 0.309 e. The summed E-state index contributed by atoms with van der Waals surface area (Å²) in [6, 6.07) is 21.6. The number of sulfonamides is 1. The summed E-state index contributed by atoms with van der Waals surface area (Å²) >= 11 is 0. The van der Waals surface area contributed by atoms with Crippen molar-refractivity contribution >= 4 is 38.4 Å². The third-order valence-electron chi connectivity index (χ3n) is 7.34. The van der Waals surface area contributed by atoms with Crippen LogP contribution in [0.5, 0.6) is 5.75 Å². The van der Waals surface area contributed by atoms with Crippen molar-refractivity contribution < 1.29 is 32.2 Å². The Balaban J connectivity index is 1.67. The fraction of sp³-hybridized carbons (Fsp3) is 0.273. The van der Waals surface area contributed by atoms with E-state index in [1.165, 1.54) is 21.3 Å². The minimum Gasteiger partial charge on any atom is -0.495 e. The number of carbonyl (C=O) groups is 2. The van der Waals surface area contributed by atoms with Crippen LogP contribution in [-0.2, 0) is 42.1 Å². The Morgan fingerprint density at radius 1 is 0.837 bits per heavy atom. The van der Waals surface area contributed by atoms with E-state index >= 15 is 0 Å². The quantitative estimate of drug-likeness (QED) is 0.207. The van der Waals surface area contributed by atoms with Crippen molar-refractivity contribution in [2.45, 2.75) is 44.2 Å². The predicted octanol–water partition coefficient (Wildman–Crippen LogP) is 5.38. The first-order valence-electron chi connectivity index (χ1n) is 13.7. The lowest BCUT2D eigenvalue weighted by Gasteiger charge is -2.18. The second kappa shape index (κ2) is 13.7.